The van der Waals surface area contributed by atoms with Crippen molar-refractivity contribution in [3.05, 3.63) is 23.9 Å². The Hall–Kier alpha value is -1.46. The zero-order chi connectivity index (χ0) is 11.4. The number of carbonyl (C=O) groups is 1. The van der Waals surface area contributed by atoms with Crippen molar-refractivity contribution in [1.29, 1.82) is 0 Å². The first-order valence-electron chi connectivity index (χ1n) is 5.35. The van der Waals surface area contributed by atoms with Crippen molar-refractivity contribution in [2.45, 2.75) is 18.4 Å². The first kappa shape index (κ1) is 11.0. The van der Waals surface area contributed by atoms with E-state index in [1.54, 1.807) is 12.3 Å². The van der Waals surface area contributed by atoms with E-state index in [1.165, 1.54) is 0 Å². The Kier molecular flexibility index (Phi) is 3.17. The van der Waals surface area contributed by atoms with E-state index in [0.29, 0.717) is 30.6 Å². The summed E-state index contributed by atoms with van der Waals surface area (Å²) >= 11 is 0. The maximum atomic E-state index is 10.5. The summed E-state index contributed by atoms with van der Waals surface area (Å²) in [6.07, 6.45) is 3.44. The molecule has 0 aromatic carbocycles. The average molecular weight is 221 g/mol. The number of amides is 1. The molecule has 0 unspecified atom stereocenters. The van der Waals surface area contributed by atoms with Crippen molar-refractivity contribution in [3.8, 4) is 0 Å². The number of rotatable bonds is 3. The van der Waals surface area contributed by atoms with Gasteiger partial charge < -0.3 is 15.7 Å². The summed E-state index contributed by atoms with van der Waals surface area (Å²) in [5.74, 6) is 0.446. The van der Waals surface area contributed by atoms with E-state index < -0.39 is 5.60 Å². The van der Waals surface area contributed by atoms with Crippen LogP contribution in [0.15, 0.2) is 18.3 Å². The van der Waals surface area contributed by atoms with Crippen molar-refractivity contribution < 1.29 is 9.90 Å². The van der Waals surface area contributed by atoms with Crippen molar-refractivity contribution in [2.75, 3.05) is 18.4 Å². The van der Waals surface area contributed by atoms with Crippen molar-refractivity contribution >= 4 is 12.2 Å². The second kappa shape index (κ2) is 4.59. The zero-order valence-electron chi connectivity index (χ0n) is 8.94. The molecule has 5 heteroatoms. The molecule has 0 bridgehead atoms. The number of aromatic nitrogens is 1. The highest BCUT2D eigenvalue weighted by Gasteiger charge is 2.33. The SMILES string of the molecule is O=CNc1ncccc1C1(O)CCNCC1. The van der Waals surface area contributed by atoms with Gasteiger partial charge in [-0.2, -0.15) is 0 Å². The number of hydrogen-bond donors (Lipinski definition) is 3. The van der Waals surface area contributed by atoms with Gasteiger partial charge in [0.05, 0.1) is 5.60 Å². The minimum Gasteiger partial charge on any atom is -0.385 e. The maximum absolute atomic E-state index is 10.5. The number of piperidine rings is 1. The molecule has 0 saturated carbocycles. The summed E-state index contributed by atoms with van der Waals surface area (Å²) in [4.78, 5) is 14.5. The minimum absolute atomic E-state index is 0.446. The Morgan fingerprint density at radius 2 is 2.25 bits per heavy atom. The molecule has 1 aromatic rings. The van der Waals surface area contributed by atoms with Crippen LogP contribution in [0.4, 0.5) is 5.82 Å². The molecule has 0 aliphatic carbocycles. The quantitative estimate of drug-likeness (QED) is 0.638. The lowest BCUT2D eigenvalue weighted by Gasteiger charge is -2.33. The number of anilines is 1. The van der Waals surface area contributed by atoms with E-state index in [0.717, 1.165) is 13.1 Å². The van der Waals surface area contributed by atoms with Crippen LogP contribution in [-0.4, -0.2) is 29.6 Å². The van der Waals surface area contributed by atoms with E-state index in [4.69, 9.17) is 0 Å². The molecule has 86 valence electrons. The van der Waals surface area contributed by atoms with E-state index >= 15 is 0 Å². The number of hydrogen-bond acceptors (Lipinski definition) is 4. The van der Waals surface area contributed by atoms with Gasteiger partial charge in [0.2, 0.25) is 6.41 Å². The Morgan fingerprint density at radius 1 is 1.50 bits per heavy atom. The van der Waals surface area contributed by atoms with Gasteiger partial charge in [-0.15, -0.1) is 0 Å². The standard InChI is InChI=1S/C11H15N3O2/c15-8-14-10-9(2-1-5-13-10)11(16)3-6-12-7-4-11/h1-2,5,8,12,16H,3-4,6-7H2,(H,13,14,15). The molecular formula is C11H15N3O2. The van der Waals surface area contributed by atoms with Crippen LogP contribution in [0.5, 0.6) is 0 Å². The van der Waals surface area contributed by atoms with E-state index in [2.05, 4.69) is 15.6 Å². The maximum Gasteiger partial charge on any atom is 0.212 e. The molecule has 1 fully saturated rings. The molecule has 16 heavy (non-hydrogen) atoms. The second-order valence-electron chi connectivity index (χ2n) is 3.94. The molecule has 5 nitrogen and oxygen atoms in total. The van der Waals surface area contributed by atoms with Crippen LogP contribution in [0.25, 0.3) is 0 Å². The largest absolute Gasteiger partial charge is 0.385 e. The Labute approximate surface area is 93.9 Å². The van der Waals surface area contributed by atoms with Crippen LogP contribution in [0.2, 0.25) is 0 Å². The highest BCUT2D eigenvalue weighted by molar-refractivity contribution is 5.71. The van der Waals surface area contributed by atoms with Crippen LogP contribution >= 0.6 is 0 Å². The minimum atomic E-state index is -0.884. The predicted molar refractivity (Wildman–Crippen MR) is 59.9 cm³/mol. The molecule has 2 rings (SSSR count). The van der Waals surface area contributed by atoms with Crippen LogP contribution in [0, 0.1) is 0 Å². The van der Waals surface area contributed by atoms with Gasteiger partial charge in [-0.3, -0.25) is 4.79 Å². The Balaban J connectivity index is 2.33. The van der Waals surface area contributed by atoms with Gasteiger partial charge in [-0.05, 0) is 32.0 Å². The molecule has 0 spiro atoms. The molecule has 1 aliphatic heterocycles. The summed E-state index contributed by atoms with van der Waals surface area (Å²) < 4.78 is 0. The fourth-order valence-electron chi connectivity index (χ4n) is 2.06. The summed E-state index contributed by atoms with van der Waals surface area (Å²) in [7, 11) is 0. The molecule has 2 heterocycles. The highest BCUT2D eigenvalue weighted by atomic mass is 16.3. The molecule has 0 radical (unpaired) electrons. The van der Waals surface area contributed by atoms with Gasteiger partial charge in [0.15, 0.2) is 0 Å². The van der Waals surface area contributed by atoms with E-state index in [1.807, 2.05) is 6.07 Å². The van der Waals surface area contributed by atoms with Crippen molar-refractivity contribution in [2.24, 2.45) is 0 Å². The van der Waals surface area contributed by atoms with Gasteiger partial charge in [0.1, 0.15) is 5.82 Å². The lowest BCUT2D eigenvalue weighted by atomic mass is 9.85. The van der Waals surface area contributed by atoms with Gasteiger partial charge in [-0.1, -0.05) is 6.07 Å². The molecule has 3 N–H and O–H groups in total. The third-order valence-corrected chi connectivity index (χ3v) is 2.94. The predicted octanol–water partition coefficient (Wildman–Crippen LogP) is 0.221. The average Bonchev–Trinajstić information content (AvgIpc) is 2.31. The normalized spacial score (nSPS) is 19.1. The second-order valence-corrected chi connectivity index (χ2v) is 3.94. The lowest BCUT2D eigenvalue weighted by molar-refractivity contribution is -0.105. The number of nitrogens with one attached hydrogen (secondary N) is 2. The molecule has 0 atom stereocenters. The summed E-state index contributed by atoms with van der Waals surface area (Å²) in [5, 5.41) is 16.2. The van der Waals surface area contributed by atoms with Gasteiger partial charge in [0, 0.05) is 11.8 Å². The number of pyridine rings is 1. The summed E-state index contributed by atoms with van der Waals surface area (Å²) in [6, 6.07) is 3.58. The van der Waals surface area contributed by atoms with Gasteiger partial charge in [-0.25, -0.2) is 4.98 Å². The fourth-order valence-corrected chi connectivity index (χ4v) is 2.06. The Bertz CT molecular complexity index is 375. The van der Waals surface area contributed by atoms with Crippen molar-refractivity contribution in [3.63, 3.8) is 0 Å². The topological polar surface area (TPSA) is 74.2 Å². The van der Waals surface area contributed by atoms with Crippen LogP contribution < -0.4 is 10.6 Å². The lowest BCUT2D eigenvalue weighted by Crippen LogP contribution is -2.40. The number of carbonyl (C=O) groups excluding carboxylic acids is 1. The summed E-state index contributed by atoms with van der Waals surface area (Å²) in [5.41, 5.74) is -0.186. The molecule has 1 saturated heterocycles. The molecule has 1 aliphatic rings. The monoisotopic (exact) mass is 221 g/mol. The van der Waals surface area contributed by atoms with E-state index in [-0.39, 0.29) is 0 Å². The molecular weight excluding hydrogens is 206 g/mol. The Morgan fingerprint density at radius 3 is 2.94 bits per heavy atom. The van der Waals surface area contributed by atoms with Crippen LogP contribution in [-0.2, 0) is 10.4 Å². The molecule has 1 aromatic heterocycles. The highest BCUT2D eigenvalue weighted by Crippen LogP contribution is 2.33. The third-order valence-electron chi connectivity index (χ3n) is 2.94. The number of nitrogens with zero attached hydrogens (tertiary/aromatic N) is 1. The zero-order valence-corrected chi connectivity index (χ0v) is 8.94. The number of aliphatic hydroxyl groups is 1. The summed E-state index contributed by atoms with van der Waals surface area (Å²) in [6.45, 7) is 1.54. The first-order valence-corrected chi connectivity index (χ1v) is 5.35. The fraction of sp³-hybridized carbons (Fsp3) is 0.455. The first-order chi connectivity index (χ1) is 7.76. The van der Waals surface area contributed by atoms with Gasteiger partial charge in [0.25, 0.3) is 0 Å². The van der Waals surface area contributed by atoms with Crippen molar-refractivity contribution in [1.82, 2.24) is 10.3 Å². The third kappa shape index (κ3) is 2.05. The van der Waals surface area contributed by atoms with E-state index in [9.17, 15) is 9.90 Å². The molecule has 1 amide bonds. The van der Waals surface area contributed by atoms with Crippen LogP contribution in [0.1, 0.15) is 18.4 Å². The van der Waals surface area contributed by atoms with Gasteiger partial charge >= 0.3 is 0 Å². The van der Waals surface area contributed by atoms with Crippen LogP contribution in [0.3, 0.4) is 0 Å². The smallest absolute Gasteiger partial charge is 0.212 e.